The molecule has 0 saturated heterocycles. The summed E-state index contributed by atoms with van der Waals surface area (Å²) in [6.45, 7) is 2.49. The van der Waals surface area contributed by atoms with E-state index in [4.69, 9.17) is 11.6 Å². The predicted molar refractivity (Wildman–Crippen MR) is 53.8 cm³/mol. The lowest BCUT2D eigenvalue weighted by Crippen LogP contribution is -2.11. The van der Waals surface area contributed by atoms with Crippen molar-refractivity contribution in [3.63, 3.8) is 0 Å². The van der Waals surface area contributed by atoms with Crippen molar-refractivity contribution in [1.29, 1.82) is 0 Å². The van der Waals surface area contributed by atoms with Crippen LogP contribution in [-0.2, 0) is 6.42 Å². The van der Waals surface area contributed by atoms with Crippen molar-refractivity contribution in [1.82, 2.24) is 5.32 Å². The molecule has 1 rings (SSSR count). The largest absolute Gasteiger partial charge is 0.319 e. The smallest absolute Gasteiger partial charge is 0.129 e. The molecule has 0 unspecified atom stereocenters. The first kappa shape index (κ1) is 10.5. The highest BCUT2D eigenvalue weighted by atomic mass is 35.5. The molecule has 13 heavy (non-hydrogen) atoms. The molecule has 72 valence electrons. The molecule has 0 saturated carbocycles. The molecule has 1 aromatic carbocycles. The van der Waals surface area contributed by atoms with Crippen LogP contribution in [0.4, 0.5) is 4.39 Å². The van der Waals surface area contributed by atoms with Crippen LogP contribution in [0.15, 0.2) is 12.1 Å². The quantitative estimate of drug-likeness (QED) is 0.793. The summed E-state index contributed by atoms with van der Waals surface area (Å²) in [5.41, 5.74) is 1.29. The van der Waals surface area contributed by atoms with Gasteiger partial charge in [-0.3, -0.25) is 0 Å². The minimum atomic E-state index is -0.139. The van der Waals surface area contributed by atoms with Crippen molar-refractivity contribution < 1.29 is 4.39 Å². The third-order valence-electron chi connectivity index (χ3n) is 1.94. The summed E-state index contributed by atoms with van der Waals surface area (Å²) in [4.78, 5) is 0. The van der Waals surface area contributed by atoms with E-state index in [1.165, 1.54) is 0 Å². The SMILES string of the molecule is CNCCc1cc(Cl)cc(C)c1F. The predicted octanol–water partition coefficient (Wildman–Crippen LogP) is 2.55. The average Bonchev–Trinajstić information content (AvgIpc) is 2.09. The van der Waals surface area contributed by atoms with E-state index in [1.807, 2.05) is 7.05 Å². The van der Waals surface area contributed by atoms with Gasteiger partial charge in [0, 0.05) is 5.02 Å². The first-order chi connectivity index (χ1) is 6.15. The third kappa shape index (κ3) is 2.68. The fraction of sp³-hybridized carbons (Fsp3) is 0.400. The van der Waals surface area contributed by atoms with Crippen LogP contribution < -0.4 is 5.32 Å². The number of halogens is 2. The highest BCUT2D eigenvalue weighted by Crippen LogP contribution is 2.19. The third-order valence-corrected chi connectivity index (χ3v) is 2.16. The molecule has 0 atom stereocenters. The van der Waals surface area contributed by atoms with Gasteiger partial charge in [-0.15, -0.1) is 0 Å². The first-order valence-electron chi connectivity index (χ1n) is 4.24. The zero-order valence-corrected chi connectivity index (χ0v) is 8.58. The van der Waals surface area contributed by atoms with Crippen LogP contribution in [0, 0.1) is 12.7 Å². The lowest BCUT2D eigenvalue weighted by molar-refractivity contribution is 0.596. The number of benzene rings is 1. The standard InChI is InChI=1S/C10H13ClFN/c1-7-5-9(11)6-8(10(7)12)3-4-13-2/h5-6,13H,3-4H2,1-2H3. The van der Waals surface area contributed by atoms with E-state index < -0.39 is 0 Å². The minimum Gasteiger partial charge on any atom is -0.319 e. The molecule has 0 aliphatic rings. The zero-order chi connectivity index (χ0) is 9.84. The highest BCUT2D eigenvalue weighted by molar-refractivity contribution is 6.30. The van der Waals surface area contributed by atoms with Gasteiger partial charge in [0.05, 0.1) is 0 Å². The van der Waals surface area contributed by atoms with Crippen LogP contribution in [0.1, 0.15) is 11.1 Å². The number of rotatable bonds is 3. The maximum Gasteiger partial charge on any atom is 0.129 e. The van der Waals surface area contributed by atoms with Crippen molar-refractivity contribution in [3.8, 4) is 0 Å². The van der Waals surface area contributed by atoms with Crippen LogP contribution in [0.5, 0.6) is 0 Å². The van der Waals surface area contributed by atoms with Crippen molar-refractivity contribution in [2.24, 2.45) is 0 Å². The van der Waals surface area contributed by atoms with Gasteiger partial charge in [-0.2, -0.15) is 0 Å². The van der Waals surface area contributed by atoms with Gasteiger partial charge in [0.25, 0.3) is 0 Å². The molecule has 0 bridgehead atoms. The van der Waals surface area contributed by atoms with Crippen molar-refractivity contribution in [3.05, 3.63) is 34.1 Å². The zero-order valence-electron chi connectivity index (χ0n) is 7.82. The maximum atomic E-state index is 13.4. The molecular weight excluding hydrogens is 189 g/mol. The van der Waals surface area contributed by atoms with Gasteiger partial charge in [0.1, 0.15) is 5.82 Å². The molecular formula is C10H13ClFN. The lowest BCUT2D eigenvalue weighted by Gasteiger charge is -2.06. The van der Waals surface area contributed by atoms with Crippen molar-refractivity contribution in [2.45, 2.75) is 13.3 Å². The van der Waals surface area contributed by atoms with E-state index in [0.717, 1.165) is 6.54 Å². The Morgan fingerprint density at radius 1 is 1.46 bits per heavy atom. The number of nitrogens with one attached hydrogen (secondary N) is 1. The molecule has 0 amide bonds. The van der Waals surface area contributed by atoms with Crippen LogP contribution in [0.2, 0.25) is 5.02 Å². The van der Waals surface area contributed by atoms with Gasteiger partial charge in [-0.25, -0.2) is 4.39 Å². The van der Waals surface area contributed by atoms with Crippen LogP contribution in [-0.4, -0.2) is 13.6 Å². The maximum absolute atomic E-state index is 13.4. The molecule has 0 aliphatic heterocycles. The normalized spacial score (nSPS) is 10.5. The van der Waals surface area contributed by atoms with Gasteiger partial charge in [0.2, 0.25) is 0 Å². The van der Waals surface area contributed by atoms with Crippen molar-refractivity contribution in [2.75, 3.05) is 13.6 Å². The fourth-order valence-electron chi connectivity index (χ4n) is 1.24. The van der Waals surface area contributed by atoms with Crippen LogP contribution >= 0.6 is 11.6 Å². The molecule has 1 aromatic rings. The Bertz CT molecular complexity index is 299. The van der Waals surface area contributed by atoms with Gasteiger partial charge in [0.15, 0.2) is 0 Å². The number of hydrogen-bond acceptors (Lipinski definition) is 1. The minimum absolute atomic E-state index is 0.139. The van der Waals surface area contributed by atoms with Gasteiger partial charge < -0.3 is 5.32 Å². The van der Waals surface area contributed by atoms with Gasteiger partial charge in [-0.1, -0.05) is 11.6 Å². The first-order valence-corrected chi connectivity index (χ1v) is 4.62. The second-order valence-electron chi connectivity index (χ2n) is 3.05. The van der Waals surface area contributed by atoms with E-state index in [-0.39, 0.29) is 5.82 Å². The summed E-state index contributed by atoms with van der Waals surface area (Å²) in [5, 5.41) is 3.57. The Morgan fingerprint density at radius 3 is 2.77 bits per heavy atom. The monoisotopic (exact) mass is 201 g/mol. The molecule has 0 aromatic heterocycles. The van der Waals surface area contributed by atoms with Crippen LogP contribution in [0.25, 0.3) is 0 Å². The summed E-state index contributed by atoms with van der Waals surface area (Å²) in [6.07, 6.45) is 0.670. The van der Waals surface area contributed by atoms with Crippen LogP contribution in [0.3, 0.4) is 0 Å². The Labute approximate surface area is 82.9 Å². The summed E-state index contributed by atoms with van der Waals surface area (Å²) in [7, 11) is 1.84. The Hall–Kier alpha value is -0.600. The molecule has 1 nitrogen and oxygen atoms in total. The second kappa shape index (κ2) is 4.58. The van der Waals surface area contributed by atoms with Crippen molar-refractivity contribution >= 4 is 11.6 Å². The number of likely N-dealkylation sites (N-methyl/N-ethyl adjacent to an activating group) is 1. The Morgan fingerprint density at radius 2 is 2.15 bits per heavy atom. The van der Waals surface area contributed by atoms with E-state index in [2.05, 4.69) is 5.32 Å². The molecule has 0 aliphatic carbocycles. The summed E-state index contributed by atoms with van der Waals surface area (Å²) < 4.78 is 13.4. The van der Waals surface area contributed by atoms with E-state index >= 15 is 0 Å². The molecule has 0 heterocycles. The molecule has 3 heteroatoms. The topological polar surface area (TPSA) is 12.0 Å². The molecule has 0 fully saturated rings. The highest BCUT2D eigenvalue weighted by Gasteiger charge is 2.06. The van der Waals surface area contributed by atoms with Gasteiger partial charge in [-0.05, 0) is 50.2 Å². The molecule has 0 radical (unpaired) electrons. The Kier molecular flexibility index (Phi) is 3.70. The number of aryl methyl sites for hydroxylation is 1. The lowest BCUT2D eigenvalue weighted by atomic mass is 10.1. The number of hydrogen-bond donors (Lipinski definition) is 1. The van der Waals surface area contributed by atoms with E-state index in [9.17, 15) is 4.39 Å². The summed E-state index contributed by atoms with van der Waals surface area (Å²) in [5.74, 6) is -0.139. The van der Waals surface area contributed by atoms with Gasteiger partial charge >= 0.3 is 0 Å². The second-order valence-corrected chi connectivity index (χ2v) is 3.49. The molecule has 0 spiro atoms. The fourth-order valence-corrected chi connectivity index (χ4v) is 1.53. The summed E-state index contributed by atoms with van der Waals surface area (Å²) >= 11 is 5.81. The molecule has 1 N–H and O–H groups in total. The average molecular weight is 202 g/mol. The summed E-state index contributed by atoms with van der Waals surface area (Å²) in [6, 6.07) is 3.32. The Balaban J connectivity index is 2.92. The van der Waals surface area contributed by atoms with E-state index in [0.29, 0.717) is 22.6 Å². The van der Waals surface area contributed by atoms with E-state index in [1.54, 1.807) is 19.1 Å².